The molecular formula is C14H12BrNOS2. The van der Waals surface area contributed by atoms with Crippen molar-refractivity contribution in [1.82, 2.24) is 4.98 Å². The van der Waals surface area contributed by atoms with Gasteiger partial charge in [0.15, 0.2) is 5.78 Å². The molecule has 1 aliphatic carbocycles. The van der Waals surface area contributed by atoms with Crippen molar-refractivity contribution in [1.29, 1.82) is 0 Å². The van der Waals surface area contributed by atoms with E-state index in [1.807, 2.05) is 12.1 Å². The second-order valence-electron chi connectivity index (χ2n) is 4.41. The SMILES string of the molecule is O=C1CCCc2nc(CSc3cccc(Br)c3)sc21. The van der Waals surface area contributed by atoms with Crippen LogP contribution < -0.4 is 0 Å². The van der Waals surface area contributed by atoms with Gasteiger partial charge in [-0.25, -0.2) is 4.98 Å². The number of hydrogen-bond donors (Lipinski definition) is 0. The average molecular weight is 354 g/mol. The summed E-state index contributed by atoms with van der Waals surface area (Å²) >= 11 is 6.80. The van der Waals surface area contributed by atoms with Crippen LogP contribution in [-0.4, -0.2) is 10.8 Å². The highest BCUT2D eigenvalue weighted by Crippen LogP contribution is 2.31. The van der Waals surface area contributed by atoms with Crippen LogP contribution >= 0.6 is 39.0 Å². The van der Waals surface area contributed by atoms with E-state index in [0.717, 1.165) is 38.6 Å². The molecule has 3 rings (SSSR count). The Bertz CT molecular complexity index is 624. The van der Waals surface area contributed by atoms with Gasteiger partial charge < -0.3 is 0 Å². The first-order valence-corrected chi connectivity index (χ1v) is 8.72. The van der Waals surface area contributed by atoms with Crippen molar-refractivity contribution in [2.45, 2.75) is 29.9 Å². The zero-order valence-electron chi connectivity index (χ0n) is 10.2. The minimum Gasteiger partial charge on any atom is -0.293 e. The fourth-order valence-corrected chi connectivity index (χ4v) is 4.66. The lowest BCUT2D eigenvalue weighted by molar-refractivity contribution is 0.0976. The van der Waals surface area contributed by atoms with Gasteiger partial charge in [0.25, 0.3) is 0 Å². The van der Waals surface area contributed by atoms with E-state index in [1.165, 1.54) is 4.90 Å². The molecule has 1 aromatic carbocycles. The topological polar surface area (TPSA) is 30.0 Å². The lowest BCUT2D eigenvalue weighted by Gasteiger charge is -2.06. The van der Waals surface area contributed by atoms with E-state index < -0.39 is 0 Å². The van der Waals surface area contributed by atoms with E-state index in [2.05, 4.69) is 33.0 Å². The molecule has 0 saturated carbocycles. The Morgan fingerprint density at radius 1 is 1.37 bits per heavy atom. The Morgan fingerprint density at radius 2 is 2.26 bits per heavy atom. The molecule has 5 heteroatoms. The van der Waals surface area contributed by atoms with Crippen LogP contribution in [0.3, 0.4) is 0 Å². The van der Waals surface area contributed by atoms with Gasteiger partial charge in [0, 0.05) is 15.8 Å². The summed E-state index contributed by atoms with van der Waals surface area (Å²) < 4.78 is 1.09. The van der Waals surface area contributed by atoms with E-state index in [1.54, 1.807) is 23.1 Å². The number of carbonyl (C=O) groups is 1. The number of aryl methyl sites for hydroxylation is 1. The Balaban J connectivity index is 1.72. The summed E-state index contributed by atoms with van der Waals surface area (Å²) in [7, 11) is 0. The van der Waals surface area contributed by atoms with Crippen LogP contribution in [0.5, 0.6) is 0 Å². The molecule has 0 atom stereocenters. The first kappa shape index (κ1) is 13.3. The highest BCUT2D eigenvalue weighted by atomic mass is 79.9. The van der Waals surface area contributed by atoms with E-state index in [4.69, 9.17) is 0 Å². The maximum absolute atomic E-state index is 11.8. The number of nitrogens with zero attached hydrogens (tertiary/aromatic N) is 1. The maximum atomic E-state index is 11.8. The summed E-state index contributed by atoms with van der Waals surface area (Å²) in [5.74, 6) is 1.11. The minimum absolute atomic E-state index is 0.275. The van der Waals surface area contributed by atoms with Gasteiger partial charge in [-0.1, -0.05) is 22.0 Å². The number of fused-ring (bicyclic) bond motifs is 1. The molecule has 0 unspecified atom stereocenters. The highest BCUT2D eigenvalue weighted by molar-refractivity contribution is 9.10. The van der Waals surface area contributed by atoms with Gasteiger partial charge in [-0.05, 0) is 31.0 Å². The second-order valence-corrected chi connectivity index (χ2v) is 7.45. The quantitative estimate of drug-likeness (QED) is 0.748. The monoisotopic (exact) mass is 353 g/mol. The van der Waals surface area contributed by atoms with E-state index >= 15 is 0 Å². The second kappa shape index (κ2) is 5.77. The van der Waals surface area contributed by atoms with E-state index in [-0.39, 0.29) is 5.78 Å². The van der Waals surface area contributed by atoms with Gasteiger partial charge in [0.05, 0.1) is 16.3 Å². The van der Waals surface area contributed by atoms with E-state index in [9.17, 15) is 4.79 Å². The number of thioether (sulfide) groups is 1. The fourth-order valence-electron chi connectivity index (χ4n) is 2.08. The van der Waals surface area contributed by atoms with Crippen LogP contribution in [0.1, 0.15) is 33.2 Å². The molecule has 0 spiro atoms. The van der Waals surface area contributed by atoms with Crippen LogP contribution in [0.25, 0.3) is 0 Å². The zero-order chi connectivity index (χ0) is 13.2. The summed E-state index contributed by atoms with van der Waals surface area (Å²) in [5.41, 5.74) is 1.02. The average Bonchev–Trinajstić information content (AvgIpc) is 2.81. The molecule has 0 radical (unpaired) electrons. The highest BCUT2D eigenvalue weighted by Gasteiger charge is 2.21. The van der Waals surface area contributed by atoms with Crippen LogP contribution in [0, 0.1) is 0 Å². The maximum Gasteiger partial charge on any atom is 0.174 e. The lowest BCUT2D eigenvalue weighted by Crippen LogP contribution is -2.07. The molecule has 0 saturated heterocycles. The fraction of sp³-hybridized carbons (Fsp3) is 0.286. The van der Waals surface area contributed by atoms with Crippen molar-refractivity contribution in [2.75, 3.05) is 0 Å². The molecular weight excluding hydrogens is 342 g/mol. The molecule has 0 fully saturated rings. The van der Waals surface area contributed by atoms with Crippen molar-refractivity contribution >= 4 is 44.8 Å². The predicted molar refractivity (Wildman–Crippen MR) is 83.1 cm³/mol. The Kier molecular flexibility index (Phi) is 4.05. The van der Waals surface area contributed by atoms with Crippen LogP contribution in [0.15, 0.2) is 33.6 Å². The van der Waals surface area contributed by atoms with Gasteiger partial charge >= 0.3 is 0 Å². The number of benzene rings is 1. The van der Waals surface area contributed by atoms with Gasteiger partial charge in [0.1, 0.15) is 5.01 Å². The third kappa shape index (κ3) is 3.09. The van der Waals surface area contributed by atoms with E-state index in [0.29, 0.717) is 6.42 Å². The number of ketones is 1. The smallest absolute Gasteiger partial charge is 0.174 e. The molecule has 0 amide bonds. The Morgan fingerprint density at radius 3 is 3.05 bits per heavy atom. The number of Topliss-reactive ketones (excluding diaryl/α,β-unsaturated/α-hetero) is 1. The number of carbonyl (C=O) groups excluding carboxylic acids is 1. The number of hydrogen-bond acceptors (Lipinski definition) is 4. The molecule has 0 bridgehead atoms. The van der Waals surface area contributed by atoms with Crippen LogP contribution in [0.2, 0.25) is 0 Å². The molecule has 1 aliphatic rings. The van der Waals surface area contributed by atoms with Crippen molar-refractivity contribution in [2.24, 2.45) is 0 Å². The summed E-state index contributed by atoms with van der Waals surface area (Å²) in [4.78, 5) is 18.5. The van der Waals surface area contributed by atoms with Gasteiger partial charge in [-0.3, -0.25) is 4.79 Å². The molecule has 19 heavy (non-hydrogen) atoms. The van der Waals surface area contributed by atoms with Crippen molar-refractivity contribution < 1.29 is 4.79 Å². The number of thiazole rings is 1. The molecule has 1 heterocycles. The summed E-state index contributed by atoms with van der Waals surface area (Å²) in [6.07, 6.45) is 2.60. The Hall–Kier alpha value is -0.650. The van der Waals surface area contributed by atoms with Crippen LogP contribution in [-0.2, 0) is 12.2 Å². The standard InChI is InChI=1S/C14H12BrNOS2/c15-9-3-1-4-10(7-9)18-8-13-16-11-5-2-6-12(17)14(11)19-13/h1,3-4,7H,2,5-6,8H2. The van der Waals surface area contributed by atoms with Gasteiger partial charge in [0.2, 0.25) is 0 Å². The lowest BCUT2D eigenvalue weighted by atomic mass is 10.0. The van der Waals surface area contributed by atoms with Gasteiger partial charge in [-0.2, -0.15) is 0 Å². The molecule has 0 aliphatic heterocycles. The largest absolute Gasteiger partial charge is 0.293 e. The Labute approximate surface area is 128 Å². The summed E-state index contributed by atoms with van der Waals surface area (Å²) in [5, 5.41) is 1.06. The number of aromatic nitrogens is 1. The molecule has 2 aromatic rings. The molecule has 1 aromatic heterocycles. The van der Waals surface area contributed by atoms with Gasteiger partial charge in [-0.15, -0.1) is 23.1 Å². The van der Waals surface area contributed by atoms with Crippen molar-refractivity contribution in [3.63, 3.8) is 0 Å². The van der Waals surface area contributed by atoms with Crippen LogP contribution in [0.4, 0.5) is 0 Å². The number of halogens is 1. The summed E-state index contributed by atoms with van der Waals surface area (Å²) in [6.45, 7) is 0. The minimum atomic E-state index is 0.275. The molecule has 0 N–H and O–H groups in total. The summed E-state index contributed by atoms with van der Waals surface area (Å²) in [6, 6.07) is 8.24. The predicted octanol–water partition coefficient (Wildman–Crippen LogP) is 4.72. The first-order valence-electron chi connectivity index (χ1n) is 6.12. The zero-order valence-corrected chi connectivity index (χ0v) is 13.4. The first-order chi connectivity index (χ1) is 9.22. The molecule has 98 valence electrons. The number of rotatable bonds is 3. The third-order valence-electron chi connectivity index (χ3n) is 2.97. The van der Waals surface area contributed by atoms with Crippen molar-refractivity contribution in [3.8, 4) is 0 Å². The molecule has 2 nitrogen and oxygen atoms in total. The van der Waals surface area contributed by atoms with Crippen molar-refractivity contribution in [3.05, 3.63) is 44.3 Å². The third-order valence-corrected chi connectivity index (χ3v) is 5.79. The normalized spacial score (nSPS) is 14.5.